The second-order valence-corrected chi connectivity index (χ2v) is 10.9. The Bertz CT molecular complexity index is 687. The molecule has 9 atom stereocenters. The van der Waals surface area contributed by atoms with Gasteiger partial charge >= 0.3 is 6.09 Å². The summed E-state index contributed by atoms with van der Waals surface area (Å²) in [5.41, 5.74) is -0.117. The van der Waals surface area contributed by atoms with E-state index < -0.39 is 12.2 Å². The average Bonchev–Trinajstić information content (AvgIpc) is 3.01. The molecule has 7 heteroatoms. The summed E-state index contributed by atoms with van der Waals surface area (Å²) in [4.78, 5) is 23.5. The molecule has 30 heavy (non-hydrogen) atoms. The van der Waals surface area contributed by atoms with Crippen LogP contribution in [0, 0.1) is 40.4 Å². The third kappa shape index (κ3) is 3.52. The molecule has 4 aliphatic carbocycles. The van der Waals surface area contributed by atoms with Crippen molar-refractivity contribution in [2.24, 2.45) is 40.4 Å². The maximum atomic E-state index is 12.9. The minimum atomic E-state index is -1.09. The van der Waals surface area contributed by atoms with Crippen molar-refractivity contribution < 1.29 is 24.9 Å². The van der Waals surface area contributed by atoms with Gasteiger partial charge in [-0.3, -0.25) is 4.79 Å². The SMILES string of the molecule is C[C@]12C[C@H](O)[C@H]3[C@@H](CCC4C[C@@H](O)CC[C@@]43C)[C@@H]1CC[C@@H]2C(=O)NCCNC(=O)O. The molecule has 0 aliphatic heterocycles. The van der Waals surface area contributed by atoms with Gasteiger partial charge in [0.15, 0.2) is 0 Å². The third-order valence-corrected chi connectivity index (χ3v) is 9.58. The lowest BCUT2D eigenvalue weighted by molar-refractivity contribution is -0.179. The zero-order valence-corrected chi connectivity index (χ0v) is 18.3. The molecule has 0 aromatic carbocycles. The molecule has 5 N–H and O–H groups in total. The molecule has 7 nitrogen and oxygen atoms in total. The van der Waals surface area contributed by atoms with Crippen molar-refractivity contribution >= 4 is 12.0 Å². The summed E-state index contributed by atoms with van der Waals surface area (Å²) in [6.07, 6.45) is 5.74. The number of aliphatic hydroxyl groups is 2. The smallest absolute Gasteiger partial charge is 0.404 e. The van der Waals surface area contributed by atoms with Crippen LogP contribution in [0.4, 0.5) is 4.79 Å². The van der Waals surface area contributed by atoms with E-state index in [9.17, 15) is 19.8 Å². The van der Waals surface area contributed by atoms with Gasteiger partial charge in [-0.1, -0.05) is 13.8 Å². The number of rotatable bonds is 4. The monoisotopic (exact) mass is 422 g/mol. The molecule has 4 fully saturated rings. The number of nitrogens with one attached hydrogen (secondary N) is 2. The Morgan fingerprint density at radius 2 is 1.70 bits per heavy atom. The zero-order valence-electron chi connectivity index (χ0n) is 18.3. The maximum Gasteiger partial charge on any atom is 0.404 e. The first-order valence-electron chi connectivity index (χ1n) is 11.8. The van der Waals surface area contributed by atoms with Gasteiger partial charge in [0, 0.05) is 19.0 Å². The highest BCUT2D eigenvalue weighted by atomic mass is 16.4. The van der Waals surface area contributed by atoms with Crippen LogP contribution in [0.25, 0.3) is 0 Å². The van der Waals surface area contributed by atoms with Crippen molar-refractivity contribution in [2.75, 3.05) is 13.1 Å². The van der Waals surface area contributed by atoms with E-state index in [0.29, 0.717) is 30.7 Å². The van der Waals surface area contributed by atoms with Crippen molar-refractivity contribution in [3.8, 4) is 0 Å². The average molecular weight is 423 g/mol. The number of hydrogen-bond donors (Lipinski definition) is 5. The molecule has 0 bridgehead atoms. The maximum absolute atomic E-state index is 12.9. The molecule has 0 spiro atoms. The number of carbonyl (C=O) groups excluding carboxylic acids is 1. The summed E-state index contributed by atoms with van der Waals surface area (Å²) in [7, 11) is 0. The Kier molecular flexibility index (Phi) is 5.81. The normalized spacial score (nSPS) is 47.5. The van der Waals surface area contributed by atoms with E-state index >= 15 is 0 Å². The third-order valence-electron chi connectivity index (χ3n) is 9.58. The number of amides is 2. The summed E-state index contributed by atoms with van der Waals surface area (Å²) in [5, 5.41) is 35.4. The molecule has 4 saturated carbocycles. The van der Waals surface area contributed by atoms with E-state index in [1.165, 1.54) is 0 Å². The molecule has 0 aromatic heterocycles. The van der Waals surface area contributed by atoms with E-state index in [2.05, 4.69) is 24.5 Å². The number of fused-ring (bicyclic) bond motifs is 5. The standard InChI is InChI=1S/C23H38N2O5/c1-22-8-7-14(26)11-13(22)3-4-15-16-5-6-17(20(28)24-9-10-25-21(29)30)23(16,2)12-18(27)19(15)22/h13-19,25-27H,3-12H2,1-2H3,(H,24,28)(H,29,30)/t13?,14-,15-,16-,17+,18-,19+,22-,23-/m0/s1. The molecule has 4 aliphatic rings. The van der Waals surface area contributed by atoms with Crippen LogP contribution in [0.15, 0.2) is 0 Å². The lowest BCUT2D eigenvalue weighted by atomic mass is 9.44. The first kappa shape index (κ1) is 21.9. The molecular formula is C23H38N2O5. The van der Waals surface area contributed by atoms with Gasteiger partial charge in [0.2, 0.25) is 5.91 Å². The molecule has 4 rings (SSSR count). The van der Waals surface area contributed by atoms with Crippen LogP contribution in [0.3, 0.4) is 0 Å². The fraction of sp³-hybridized carbons (Fsp3) is 0.913. The van der Waals surface area contributed by atoms with Gasteiger partial charge in [0.25, 0.3) is 0 Å². The number of hydrogen-bond acceptors (Lipinski definition) is 4. The van der Waals surface area contributed by atoms with Gasteiger partial charge in [-0.05, 0) is 85.9 Å². The summed E-state index contributed by atoms with van der Waals surface area (Å²) in [5.74, 6) is 1.53. The molecule has 0 radical (unpaired) electrons. The molecule has 0 heterocycles. The minimum absolute atomic E-state index is 0.00137. The first-order valence-corrected chi connectivity index (χ1v) is 11.8. The first-order chi connectivity index (χ1) is 14.2. The second-order valence-electron chi connectivity index (χ2n) is 10.9. The lowest BCUT2D eigenvalue weighted by Crippen LogP contribution is -2.59. The summed E-state index contributed by atoms with van der Waals surface area (Å²) in [6.45, 7) is 5.04. The molecule has 0 saturated heterocycles. The highest BCUT2D eigenvalue weighted by Gasteiger charge is 2.63. The number of aliphatic hydroxyl groups excluding tert-OH is 2. The molecule has 0 aromatic rings. The van der Waals surface area contributed by atoms with E-state index in [1.54, 1.807) is 0 Å². The Labute approximate surface area is 179 Å². The Balaban J connectivity index is 1.48. The molecule has 1 unspecified atom stereocenters. The number of carbonyl (C=O) groups is 2. The summed E-state index contributed by atoms with van der Waals surface area (Å²) >= 11 is 0. The van der Waals surface area contributed by atoms with Crippen LogP contribution in [-0.2, 0) is 4.79 Å². The summed E-state index contributed by atoms with van der Waals surface area (Å²) in [6, 6.07) is 0. The van der Waals surface area contributed by atoms with Crippen LogP contribution in [0.1, 0.15) is 65.2 Å². The Hall–Kier alpha value is -1.34. The van der Waals surface area contributed by atoms with Crippen LogP contribution in [-0.4, -0.2) is 52.6 Å². The van der Waals surface area contributed by atoms with Crippen molar-refractivity contribution in [2.45, 2.75) is 77.4 Å². The van der Waals surface area contributed by atoms with Crippen LogP contribution < -0.4 is 10.6 Å². The molecule has 2 amide bonds. The predicted molar refractivity (Wildman–Crippen MR) is 112 cm³/mol. The largest absolute Gasteiger partial charge is 0.465 e. The highest BCUT2D eigenvalue weighted by molar-refractivity contribution is 5.80. The van der Waals surface area contributed by atoms with Gasteiger partial charge in [0.05, 0.1) is 12.2 Å². The highest BCUT2D eigenvalue weighted by Crippen LogP contribution is 2.67. The molecule has 170 valence electrons. The second kappa shape index (κ2) is 7.97. The van der Waals surface area contributed by atoms with Gasteiger partial charge < -0.3 is 26.0 Å². The van der Waals surface area contributed by atoms with Gasteiger partial charge in [0.1, 0.15) is 0 Å². The van der Waals surface area contributed by atoms with Crippen LogP contribution in [0.2, 0.25) is 0 Å². The number of carboxylic acid groups (broad SMARTS) is 1. The van der Waals surface area contributed by atoms with Gasteiger partial charge in [-0.15, -0.1) is 0 Å². The lowest BCUT2D eigenvalue weighted by Gasteiger charge is -2.62. The minimum Gasteiger partial charge on any atom is -0.465 e. The van der Waals surface area contributed by atoms with Gasteiger partial charge in [-0.2, -0.15) is 0 Å². The van der Waals surface area contributed by atoms with E-state index in [4.69, 9.17) is 5.11 Å². The fourth-order valence-electron chi connectivity index (χ4n) is 8.27. The van der Waals surface area contributed by atoms with E-state index in [-0.39, 0.29) is 41.2 Å². The van der Waals surface area contributed by atoms with Crippen LogP contribution in [0.5, 0.6) is 0 Å². The fourth-order valence-corrected chi connectivity index (χ4v) is 8.27. The summed E-state index contributed by atoms with van der Waals surface area (Å²) < 4.78 is 0. The van der Waals surface area contributed by atoms with Crippen molar-refractivity contribution in [3.05, 3.63) is 0 Å². The zero-order chi connectivity index (χ0) is 21.7. The van der Waals surface area contributed by atoms with Crippen molar-refractivity contribution in [1.82, 2.24) is 10.6 Å². The Morgan fingerprint density at radius 3 is 2.43 bits per heavy atom. The quantitative estimate of drug-likeness (QED) is 0.446. The van der Waals surface area contributed by atoms with Crippen molar-refractivity contribution in [3.63, 3.8) is 0 Å². The van der Waals surface area contributed by atoms with E-state index in [1.807, 2.05) is 0 Å². The van der Waals surface area contributed by atoms with Crippen LogP contribution >= 0.6 is 0 Å². The van der Waals surface area contributed by atoms with Gasteiger partial charge in [-0.25, -0.2) is 4.79 Å². The van der Waals surface area contributed by atoms with Crippen molar-refractivity contribution in [1.29, 1.82) is 0 Å². The molecular weight excluding hydrogens is 384 g/mol. The predicted octanol–water partition coefficient (Wildman–Crippen LogP) is 2.36. The topological polar surface area (TPSA) is 119 Å². The van der Waals surface area contributed by atoms with E-state index in [0.717, 1.165) is 44.9 Å². The Morgan fingerprint density at radius 1 is 0.967 bits per heavy atom.